The molecule has 0 aromatic heterocycles. The van der Waals surface area contributed by atoms with Crippen molar-refractivity contribution in [1.82, 2.24) is 0 Å². The van der Waals surface area contributed by atoms with Crippen LogP contribution in [-0.4, -0.2) is 23.8 Å². The number of ether oxygens (including phenoxy) is 1. The monoisotopic (exact) mass is 248 g/mol. The summed E-state index contributed by atoms with van der Waals surface area (Å²) in [7, 11) is 0. The summed E-state index contributed by atoms with van der Waals surface area (Å²) in [6, 6.07) is 8.95. The largest absolute Gasteiger partial charge is 0.456 e. The predicted octanol–water partition coefficient (Wildman–Crippen LogP) is 2.78. The molecule has 98 valence electrons. The second-order valence-electron chi connectivity index (χ2n) is 4.89. The van der Waals surface area contributed by atoms with Crippen molar-refractivity contribution in [3.63, 3.8) is 0 Å². The van der Waals surface area contributed by atoms with E-state index >= 15 is 0 Å². The number of rotatable bonds is 4. The highest BCUT2D eigenvalue weighted by molar-refractivity contribution is 5.89. The number of benzene rings is 1. The van der Waals surface area contributed by atoms with Crippen LogP contribution in [0.3, 0.4) is 0 Å². The van der Waals surface area contributed by atoms with Gasteiger partial charge in [0.15, 0.2) is 0 Å². The van der Waals surface area contributed by atoms with Crippen LogP contribution in [-0.2, 0) is 4.74 Å². The summed E-state index contributed by atoms with van der Waals surface area (Å²) in [6.07, 6.45) is 5.34. The summed E-state index contributed by atoms with van der Waals surface area (Å²) in [5, 5.41) is 9.40. The average molecular weight is 248 g/mol. The Bertz CT molecular complexity index is 369. The lowest BCUT2D eigenvalue weighted by atomic mass is 9.85. The van der Waals surface area contributed by atoms with E-state index in [4.69, 9.17) is 4.74 Å². The van der Waals surface area contributed by atoms with Crippen LogP contribution in [0.15, 0.2) is 30.3 Å². The highest BCUT2D eigenvalue weighted by Gasteiger charge is 2.26. The van der Waals surface area contributed by atoms with Crippen molar-refractivity contribution >= 4 is 5.97 Å². The zero-order valence-corrected chi connectivity index (χ0v) is 10.5. The third-order valence-corrected chi connectivity index (χ3v) is 3.62. The number of aliphatic hydroxyl groups excluding tert-OH is 1. The topological polar surface area (TPSA) is 46.5 Å². The molecule has 1 N–H and O–H groups in total. The molecule has 0 heterocycles. The Morgan fingerprint density at radius 2 is 1.89 bits per heavy atom. The Morgan fingerprint density at radius 1 is 1.22 bits per heavy atom. The lowest BCUT2D eigenvalue weighted by Gasteiger charge is -2.28. The Balaban J connectivity index is 1.95. The highest BCUT2D eigenvalue weighted by atomic mass is 16.6. The average Bonchev–Trinajstić information content (AvgIpc) is 2.46. The lowest BCUT2D eigenvalue weighted by Crippen LogP contribution is -2.31. The summed E-state index contributed by atoms with van der Waals surface area (Å²) in [6.45, 7) is -0.0801. The first-order chi connectivity index (χ1) is 8.81. The molecule has 3 heteroatoms. The number of carbonyl (C=O) groups is 1. The van der Waals surface area contributed by atoms with Crippen LogP contribution in [0.1, 0.15) is 42.5 Å². The number of hydrogen-bond acceptors (Lipinski definition) is 3. The third kappa shape index (κ3) is 3.33. The molecule has 1 atom stereocenters. The van der Waals surface area contributed by atoms with Gasteiger partial charge < -0.3 is 9.84 Å². The van der Waals surface area contributed by atoms with Gasteiger partial charge in [-0.15, -0.1) is 0 Å². The van der Waals surface area contributed by atoms with Crippen molar-refractivity contribution < 1.29 is 14.6 Å². The van der Waals surface area contributed by atoms with Crippen LogP contribution < -0.4 is 0 Å². The molecule has 1 aromatic carbocycles. The van der Waals surface area contributed by atoms with Gasteiger partial charge in [0.05, 0.1) is 12.2 Å². The molecule has 0 aliphatic heterocycles. The summed E-state index contributed by atoms with van der Waals surface area (Å²) in [4.78, 5) is 11.9. The van der Waals surface area contributed by atoms with Crippen molar-refractivity contribution in [2.75, 3.05) is 6.61 Å². The quantitative estimate of drug-likeness (QED) is 0.833. The summed E-state index contributed by atoms with van der Waals surface area (Å²) in [5.41, 5.74) is 0.548. The fourth-order valence-electron chi connectivity index (χ4n) is 2.57. The van der Waals surface area contributed by atoms with Crippen LogP contribution in [0.2, 0.25) is 0 Å². The second kappa shape index (κ2) is 6.55. The van der Waals surface area contributed by atoms with Gasteiger partial charge in [0.2, 0.25) is 0 Å². The Labute approximate surface area is 108 Å². The van der Waals surface area contributed by atoms with Crippen LogP contribution in [0.4, 0.5) is 0 Å². The standard InChI is InChI=1S/C15H20O3/c16-11-14(12-7-3-1-4-8-12)18-15(17)13-9-5-2-6-10-13/h2,5-6,9-10,12,14,16H,1,3-4,7-8,11H2. The normalized spacial score (nSPS) is 18.3. The third-order valence-electron chi connectivity index (χ3n) is 3.62. The minimum atomic E-state index is -0.349. The molecule has 1 aliphatic carbocycles. The molecule has 0 bridgehead atoms. The maximum atomic E-state index is 11.9. The number of esters is 1. The Hall–Kier alpha value is -1.35. The smallest absolute Gasteiger partial charge is 0.338 e. The van der Waals surface area contributed by atoms with E-state index in [0.29, 0.717) is 11.5 Å². The fourth-order valence-corrected chi connectivity index (χ4v) is 2.57. The number of carbonyl (C=O) groups excluding carboxylic acids is 1. The molecule has 1 aliphatic rings. The molecular formula is C15H20O3. The second-order valence-corrected chi connectivity index (χ2v) is 4.89. The molecule has 3 nitrogen and oxygen atoms in total. The SMILES string of the molecule is O=C(OC(CO)C1CCCCC1)c1ccccc1. The molecule has 1 saturated carbocycles. The molecule has 0 amide bonds. The van der Waals surface area contributed by atoms with Gasteiger partial charge in [-0.1, -0.05) is 37.5 Å². The maximum Gasteiger partial charge on any atom is 0.338 e. The molecule has 0 saturated heterocycles. The molecule has 2 rings (SSSR count). The van der Waals surface area contributed by atoms with Crippen LogP contribution in [0.5, 0.6) is 0 Å². The molecule has 1 unspecified atom stereocenters. The van der Waals surface area contributed by atoms with E-state index in [1.807, 2.05) is 18.2 Å². The lowest BCUT2D eigenvalue weighted by molar-refractivity contribution is -0.0138. The van der Waals surface area contributed by atoms with Crippen LogP contribution in [0.25, 0.3) is 0 Å². The van der Waals surface area contributed by atoms with Gasteiger partial charge in [0.1, 0.15) is 6.10 Å². The minimum absolute atomic E-state index is 0.0801. The van der Waals surface area contributed by atoms with E-state index in [1.54, 1.807) is 12.1 Å². The van der Waals surface area contributed by atoms with Gasteiger partial charge in [-0.25, -0.2) is 4.79 Å². The van der Waals surface area contributed by atoms with Crippen molar-refractivity contribution in [2.45, 2.75) is 38.2 Å². The first-order valence-electron chi connectivity index (χ1n) is 6.68. The molecule has 0 radical (unpaired) electrons. The zero-order valence-electron chi connectivity index (χ0n) is 10.5. The van der Waals surface area contributed by atoms with Crippen molar-refractivity contribution in [3.8, 4) is 0 Å². The van der Waals surface area contributed by atoms with E-state index in [2.05, 4.69) is 0 Å². The van der Waals surface area contributed by atoms with Gasteiger partial charge >= 0.3 is 5.97 Å². The maximum absolute atomic E-state index is 11.9. The van der Waals surface area contributed by atoms with E-state index in [1.165, 1.54) is 19.3 Å². The van der Waals surface area contributed by atoms with E-state index in [9.17, 15) is 9.90 Å². The van der Waals surface area contributed by atoms with Crippen LogP contribution in [0, 0.1) is 5.92 Å². The molecule has 18 heavy (non-hydrogen) atoms. The van der Waals surface area contributed by atoms with Crippen molar-refractivity contribution in [2.24, 2.45) is 5.92 Å². The van der Waals surface area contributed by atoms with Gasteiger partial charge in [-0.05, 0) is 30.9 Å². The van der Waals surface area contributed by atoms with Crippen molar-refractivity contribution in [1.29, 1.82) is 0 Å². The van der Waals surface area contributed by atoms with Gasteiger partial charge in [-0.2, -0.15) is 0 Å². The van der Waals surface area contributed by atoms with Crippen LogP contribution >= 0.6 is 0 Å². The molecular weight excluding hydrogens is 228 g/mol. The molecule has 1 aromatic rings. The van der Waals surface area contributed by atoms with E-state index in [0.717, 1.165) is 12.8 Å². The first kappa shape index (κ1) is 13.1. The fraction of sp³-hybridized carbons (Fsp3) is 0.533. The Morgan fingerprint density at radius 3 is 2.50 bits per heavy atom. The number of aliphatic hydroxyl groups is 1. The van der Waals surface area contributed by atoms with Gasteiger partial charge in [0, 0.05) is 0 Å². The highest BCUT2D eigenvalue weighted by Crippen LogP contribution is 2.28. The predicted molar refractivity (Wildman–Crippen MR) is 69.3 cm³/mol. The van der Waals surface area contributed by atoms with Gasteiger partial charge in [-0.3, -0.25) is 0 Å². The van der Waals surface area contributed by atoms with Gasteiger partial charge in [0.25, 0.3) is 0 Å². The molecule has 0 spiro atoms. The molecule has 1 fully saturated rings. The van der Waals surface area contributed by atoms with E-state index < -0.39 is 0 Å². The summed E-state index contributed by atoms with van der Waals surface area (Å²) < 4.78 is 5.44. The first-order valence-corrected chi connectivity index (χ1v) is 6.68. The Kier molecular flexibility index (Phi) is 4.76. The zero-order chi connectivity index (χ0) is 12.8. The van der Waals surface area contributed by atoms with E-state index in [-0.39, 0.29) is 18.7 Å². The number of hydrogen-bond donors (Lipinski definition) is 1. The van der Waals surface area contributed by atoms with Crippen molar-refractivity contribution in [3.05, 3.63) is 35.9 Å². The summed E-state index contributed by atoms with van der Waals surface area (Å²) >= 11 is 0. The minimum Gasteiger partial charge on any atom is -0.456 e. The summed E-state index contributed by atoms with van der Waals surface area (Å²) in [5.74, 6) is -0.0170.